The fraction of sp³-hybridized carbons (Fsp3) is 0.0476. The van der Waals surface area contributed by atoms with Crippen LogP contribution in [0, 0.1) is 0 Å². The summed E-state index contributed by atoms with van der Waals surface area (Å²) in [7, 11) is 1.84. The van der Waals surface area contributed by atoms with Crippen LogP contribution in [0.25, 0.3) is 21.6 Å². The van der Waals surface area contributed by atoms with Gasteiger partial charge in [0, 0.05) is 23.2 Å². The topological polar surface area (TPSA) is 79.3 Å². The van der Waals surface area contributed by atoms with E-state index in [2.05, 4.69) is 25.8 Å². The molecular weight excluding hydrogens is 406 g/mol. The van der Waals surface area contributed by atoms with E-state index in [1.807, 2.05) is 42.8 Å². The van der Waals surface area contributed by atoms with Gasteiger partial charge in [-0.3, -0.25) is 4.79 Å². The number of rotatable bonds is 5. The molecule has 8 heteroatoms. The molecule has 1 amide bonds. The number of hydrogen-bond donors (Lipinski definition) is 2. The number of nitrogens with one attached hydrogen (secondary N) is 2. The van der Waals surface area contributed by atoms with Crippen molar-refractivity contribution in [3.05, 3.63) is 76.1 Å². The van der Waals surface area contributed by atoms with Gasteiger partial charge in [-0.1, -0.05) is 35.9 Å². The van der Waals surface area contributed by atoms with Crippen molar-refractivity contribution >= 4 is 51.1 Å². The fourth-order valence-electron chi connectivity index (χ4n) is 2.71. The van der Waals surface area contributed by atoms with Crippen molar-refractivity contribution in [2.45, 2.75) is 0 Å². The molecule has 0 aliphatic rings. The minimum Gasteiger partial charge on any atom is -0.372 e. The predicted octanol–water partition coefficient (Wildman–Crippen LogP) is 4.82. The Morgan fingerprint density at radius 3 is 2.55 bits per heavy atom. The van der Waals surface area contributed by atoms with E-state index in [9.17, 15) is 4.79 Å². The zero-order valence-electron chi connectivity index (χ0n) is 15.4. The van der Waals surface area contributed by atoms with Gasteiger partial charge in [0.25, 0.3) is 5.91 Å². The molecule has 6 nitrogen and oxygen atoms in total. The van der Waals surface area contributed by atoms with Crippen LogP contribution < -0.4 is 10.7 Å². The summed E-state index contributed by atoms with van der Waals surface area (Å²) in [5.41, 5.74) is 5.57. The van der Waals surface area contributed by atoms with Crippen LogP contribution >= 0.6 is 22.9 Å². The van der Waals surface area contributed by atoms with Crippen molar-refractivity contribution in [2.75, 3.05) is 12.4 Å². The molecule has 0 unspecified atom stereocenters. The number of nitrogens with zero attached hydrogens (tertiary/aromatic N) is 3. The fourth-order valence-corrected chi connectivity index (χ4v) is 3.66. The highest BCUT2D eigenvalue weighted by molar-refractivity contribution is 7.17. The second-order valence-corrected chi connectivity index (χ2v) is 7.46. The lowest BCUT2D eigenvalue weighted by Crippen LogP contribution is -2.17. The highest BCUT2D eigenvalue weighted by Gasteiger charge is 2.11. The van der Waals surface area contributed by atoms with E-state index in [4.69, 9.17) is 11.6 Å². The molecule has 2 heterocycles. The van der Waals surface area contributed by atoms with Gasteiger partial charge in [0.2, 0.25) is 0 Å². The van der Waals surface area contributed by atoms with Gasteiger partial charge in [-0.05, 0) is 41.3 Å². The van der Waals surface area contributed by atoms with Gasteiger partial charge in [-0.15, -0.1) is 11.3 Å². The Kier molecular flexibility index (Phi) is 5.50. The molecule has 2 aromatic heterocycles. The van der Waals surface area contributed by atoms with E-state index < -0.39 is 0 Å². The van der Waals surface area contributed by atoms with Crippen LogP contribution in [0.5, 0.6) is 0 Å². The average Bonchev–Trinajstić information content (AvgIpc) is 3.23. The molecule has 0 aliphatic carbocycles. The number of hydrogen-bond acceptors (Lipinski definition) is 6. The second kappa shape index (κ2) is 8.38. The summed E-state index contributed by atoms with van der Waals surface area (Å²) in [6.45, 7) is 0. The van der Waals surface area contributed by atoms with E-state index in [-0.39, 0.29) is 5.91 Å². The van der Waals surface area contributed by atoms with Crippen molar-refractivity contribution in [3.8, 4) is 11.4 Å². The average molecular weight is 422 g/mol. The quantitative estimate of drug-likeness (QED) is 0.357. The molecule has 4 rings (SSSR count). The number of aromatic nitrogens is 2. The number of hydrazone groups is 1. The Labute approximate surface area is 176 Å². The van der Waals surface area contributed by atoms with Crippen LogP contribution in [-0.2, 0) is 0 Å². The van der Waals surface area contributed by atoms with Gasteiger partial charge in [-0.2, -0.15) is 5.10 Å². The number of halogens is 1. The summed E-state index contributed by atoms with van der Waals surface area (Å²) in [5, 5.41) is 9.72. The van der Waals surface area contributed by atoms with Crippen molar-refractivity contribution < 1.29 is 4.79 Å². The van der Waals surface area contributed by atoms with E-state index >= 15 is 0 Å². The predicted molar refractivity (Wildman–Crippen MR) is 119 cm³/mol. The second-order valence-electron chi connectivity index (χ2n) is 6.11. The summed E-state index contributed by atoms with van der Waals surface area (Å²) in [5.74, 6) is 1.10. The van der Waals surface area contributed by atoms with Crippen molar-refractivity contribution in [3.63, 3.8) is 0 Å². The van der Waals surface area contributed by atoms with Crippen molar-refractivity contribution in [1.29, 1.82) is 0 Å². The molecule has 0 aliphatic heterocycles. The minimum atomic E-state index is -0.299. The number of thiophene rings is 1. The van der Waals surface area contributed by atoms with Crippen LogP contribution in [0.2, 0.25) is 5.02 Å². The van der Waals surface area contributed by atoms with Gasteiger partial charge in [0.05, 0.1) is 16.4 Å². The lowest BCUT2D eigenvalue weighted by Gasteiger charge is -2.06. The van der Waals surface area contributed by atoms with Gasteiger partial charge in [0.1, 0.15) is 5.82 Å². The molecule has 2 aromatic carbocycles. The first-order chi connectivity index (χ1) is 14.1. The summed E-state index contributed by atoms with van der Waals surface area (Å²) in [6, 6.07) is 16.2. The maximum Gasteiger partial charge on any atom is 0.271 e. The summed E-state index contributed by atoms with van der Waals surface area (Å²) in [6.07, 6.45) is 1.56. The number of anilines is 1. The van der Waals surface area contributed by atoms with Crippen LogP contribution in [-0.4, -0.2) is 29.1 Å². The van der Waals surface area contributed by atoms with Crippen LogP contribution in [0.4, 0.5) is 5.82 Å². The van der Waals surface area contributed by atoms with E-state index in [0.29, 0.717) is 16.4 Å². The Bertz CT molecular complexity index is 1190. The Morgan fingerprint density at radius 1 is 1.07 bits per heavy atom. The summed E-state index contributed by atoms with van der Waals surface area (Å²) in [4.78, 5) is 21.5. The van der Waals surface area contributed by atoms with Crippen LogP contribution in [0.15, 0.2) is 65.1 Å². The SMILES string of the molecule is CNc1nc(-c2ccc(C(=O)NN=Cc3ccc(Cl)cc3)cc2)nc2ccsc12. The molecule has 0 spiro atoms. The summed E-state index contributed by atoms with van der Waals surface area (Å²) < 4.78 is 1.02. The zero-order chi connectivity index (χ0) is 20.2. The first kappa shape index (κ1) is 19.0. The smallest absolute Gasteiger partial charge is 0.271 e. The van der Waals surface area contributed by atoms with E-state index in [1.54, 1.807) is 41.8 Å². The lowest BCUT2D eigenvalue weighted by atomic mass is 10.1. The summed E-state index contributed by atoms with van der Waals surface area (Å²) >= 11 is 7.44. The molecule has 4 aromatic rings. The standard InChI is InChI=1S/C21H16ClN5OS/c1-23-20-18-17(10-11-29-18)25-19(26-20)14-4-6-15(7-5-14)21(28)27-24-12-13-2-8-16(22)9-3-13/h2-12H,1H3,(H,27,28)(H,23,25,26). The largest absolute Gasteiger partial charge is 0.372 e. The highest BCUT2D eigenvalue weighted by atomic mass is 35.5. The minimum absolute atomic E-state index is 0.299. The molecule has 0 bridgehead atoms. The van der Waals surface area contributed by atoms with Gasteiger partial charge < -0.3 is 5.32 Å². The highest BCUT2D eigenvalue weighted by Crippen LogP contribution is 2.28. The van der Waals surface area contributed by atoms with E-state index in [1.165, 1.54) is 0 Å². The monoisotopic (exact) mass is 421 g/mol. The molecule has 0 saturated heterocycles. The lowest BCUT2D eigenvalue weighted by molar-refractivity contribution is 0.0955. The number of carbonyl (C=O) groups is 1. The third kappa shape index (κ3) is 4.26. The molecule has 0 saturated carbocycles. The third-order valence-corrected chi connectivity index (χ3v) is 5.36. The van der Waals surface area contributed by atoms with Gasteiger partial charge >= 0.3 is 0 Å². The number of benzene rings is 2. The Morgan fingerprint density at radius 2 is 1.83 bits per heavy atom. The molecule has 2 N–H and O–H groups in total. The maximum atomic E-state index is 12.3. The molecule has 0 atom stereocenters. The molecule has 29 heavy (non-hydrogen) atoms. The van der Waals surface area contributed by atoms with Gasteiger partial charge in [0.15, 0.2) is 5.82 Å². The normalized spacial score (nSPS) is 11.1. The maximum absolute atomic E-state index is 12.3. The van der Waals surface area contributed by atoms with Crippen molar-refractivity contribution in [2.24, 2.45) is 5.10 Å². The Hall–Kier alpha value is -3.29. The van der Waals surface area contributed by atoms with Crippen molar-refractivity contribution in [1.82, 2.24) is 15.4 Å². The third-order valence-electron chi connectivity index (χ3n) is 4.20. The van der Waals surface area contributed by atoms with E-state index in [0.717, 1.165) is 27.2 Å². The van der Waals surface area contributed by atoms with Crippen LogP contribution in [0.1, 0.15) is 15.9 Å². The first-order valence-corrected chi connectivity index (χ1v) is 10.0. The zero-order valence-corrected chi connectivity index (χ0v) is 17.0. The first-order valence-electron chi connectivity index (χ1n) is 8.76. The number of fused-ring (bicyclic) bond motifs is 1. The molecule has 0 radical (unpaired) electrons. The number of amides is 1. The molecular formula is C21H16ClN5OS. The van der Waals surface area contributed by atoms with Gasteiger partial charge in [-0.25, -0.2) is 15.4 Å². The van der Waals surface area contributed by atoms with Crippen LogP contribution in [0.3, 0.4) is 0 Å². The Balaban J connectivity index is 1.48. The molecule has 0 fully saturated rings. The molecule has 144 valence electrons. The number of carbonyl (C=O) groups excluding carboxylic acids is 1.